The van der Waals surface area contributed by atoms with Crippen LogP contribution in [0, 0.1) is 5.41 Å². The number of halogens is 1. The van der Waals surface area contributed by atoms with Gasteiger partial charge >= 0.3 is 0 Å². The highest BCUT2D eigenvalue weighted by atomic mass is 35.5. The van der Waals surface area contributed by atoms with Gasteiger partial charge in [-0.3, -0.25) is 10.2 Å². The molecule has 1 aliphatic rings. The second-order valence-electron chi connectivity index (χ2n) is 2.35. The van der Waals surface area contributed by atoms with Gasteiger partial charge < -0.3 is 10.2 Å². The lowest BCUT2D eigenvalue weighted by atomic mass is 10.3. The van der Waals surface area contributed by atoms with E-state index in [1.54, 1.807) is 4.90 Å². The summed E-state index contributed by atoms with van der Waals surface area (Å²) in [6.45, 7) is 1.57. The summed E-state index contributed by atoms with van der Waals surface area (Å²) < 4.78 is 0. The lowest BCUT2D eigenvalue weighted by Crippen LogP contribution is -2.50. The van der Waals surface area contributed by atoms with Gasteiger partial charge in [-0.1, -0.05) is 0 Å². The Bertz CT molecular complexity index is 183. The summed E-state index contributed by atoms with van der Waals surface area (Å²) in [5, 5.41) is 10.0. The number of hydrogen-bond donors (Lipinski definition) is 2. The van der Waals surface area contributed by atoms with Gasteiger partial charge in [-0.2, -0.15) is 0 Å². The molecule has 62 valence electrons. The highest BCUT2D eigenvalue weighted by molar-refractivity contribution is 6.27. The summed E-state index contributed by atoms with van der Waals surface area (Å²) in [5.41, 5.74) is 0. The quantitative estimate of drug-likeness (QED) is 0.325. The van der Waals surface area contributed by atoms with E-state index in [-0.39, 0.29) is 18.3 Å². The van der Waals surface area contributed by atoms with Gasteiger partial charge in [-0.25, -0.2) is 0 Å². The van der Waals surface area contributed by atoms with Crippen LogP contribution >= 0.6 is 11.6 Å². The van der Waals surface area contributed by atoms with Gasteiger partial charge in [0.25, 0.3) is 0 Å². The summed E-state index contributed by atoms with van der Waals surface area (Å²) in [6, 6.07) is 0. The number of amides is 1. The summed E-state index contributed by atoms with van der Waals surface area (Å²) in [6.07, 6.45) is 0. The third-order valence-electron chi connectivity index (χ3n) is 1.55. The first-order valence-corrected chi connectivity index (χ1v) is 3.92. The van der Waals surface area contributed by atoms with Crippen molar-refractivity contribution in [3.63, 3.8) is 0 Å². The Kier molecular flexibility index (Phi) is 2.70. The van der Waals surface area contributed by atoms with Crippen molar-refractivity contribution in [2.45, 2.75) is 0 Å². The van der Waals surface area contributed by atoms with E-state index in [4.69, 9.17) is 17.0 Å². The fourth-order valence-corrected chi connectivity index (χ4v) is 1.12. The van der Waals surface area contributed by atoms with Crippen LogP contribution in [0.4, 0.5) is 0 Å². The van der Waals surface area contributed by atoms with Gasteiger partial charge in [-0.15, -0.1) is 11.6 Å². The van der Waals surface area contributed by atoms with Gasteiger partial charge in [0.2, 0.25) is 5.91 Å². The van der Waals surface area contributed by atoms with E-state index in [2.05, 4.69) is 5.32 Å². The normalized spacial score (nSPS) is 17.9. The molecule has 11 heavy (non-hydrogen) atoms. The zero-order valence-corrected chi connectivity index (χ0v) is 6.82. The molecule has 0 aromatic rings. The molecule has 0 aromatic heterocycles. The predicted molar refractivity (Wildman–Crippen MR) is 43.0 cm³/mol. The Hall–Kier alpha value is -0.770. The smallest absolute Gasteiger partial charge is 0.239 e. The lowest BCUT2D eigenvalue weighted by Gasteiger charge is -2.27. The van der Waals surface area contributed by atoms with Crippen LogP contribution in [0.3, 0.4) is 0 Å². The molecular weight excluding hydrogens is 166 g/mol. The molecule has 0 unspecified atom stereocenters. The lowest BCUT2D eigenvalue weighted by molar-refractivity contribution is -0.122. The van der Waals surface area contributed by atoms with E-state index in [0.717, 1.165) is 0 Å². The molecule has 0 aromatic carbocycles. The zero-order chi connectivity index (χ0) is 8.27. The summed E-state index contributed by atoms with van der Waals surface area (Å²) >= 11 is 5.44. The predicted octanol–water partition coefficient (Wildman–Crippen LogP) is -0.366. The van der Waals surface area contributed by atoms with E-state index >= 15 is 0 Å². The fourth-order valence-electron chi connectivity index (χ4n) is 0.953. The number of alkyl halides is 1. The van der Waals surface area contributed by atoms with Crippen LogP contribution in [0.5, 0.6) is 0 Å². The van der Waals surface area contributed by atoms with Gasteiger partial charge in [0.15, 0.2) is 0 Å². The van der Waals surface area contributed by atoms with Gasteiger partial charge in [0, 0.05) is 13.1 Å². The minimum Gasteiger partial charge on any atom is -0.353 e. The van der Waals surface area contributed by atoms with Crippen LogP contribution in [0.2, 0.25) is 0 Å². The maximum absolute atomic E-state index is 10.8. The second kappa shape index (κ2) is 3.57. The molecule has 0 atom stereocenters. The molecule has 1 amide bonds. The van der Waals surface area contributed by atoms with Crippen LogP contribution in [-0.4, -0.2) is 42.2 Å². The van der Waals surface area contributed by atoms with Crippen molar-refractivity contribution in [3.8, 4) is 0 Å². The van der Waals surface area contributed by atoms with Crippen molar-refractivity contribution >= 4 is 23.3 Å². The molecular formula is C6H10ClN3O. The van der Waals surface area contributed by atoms with Crippen molar-refractivity contribution in [3.05, 3.63) is 0 Å². The Labute approximate surface area is 70.0 Å². The summed E-state index contributed by atoms with van der Waals surface area (Å²) in [7, 11) is 0. The molecule has 0 radical (unpaired) electrons. The average molecular weight is 176 g/mol. The molecule has 0 spiro atoms. The largest absolute Gasteiger partial charge is 0.353 e. The number of nitrogens with zero attached hydrogens (tertiary/aromatic N) is 1. The van der Waals surface area contributed by atoms with Crippen molar-refractivity contribution < 1.29 is 4.79 Å². The number of rotatable bonds is 1. The fraction of sp³-hybridized carbons (Fsp3) is 0.667. The molecule has 1 heterocycles. The first-order valence-electron chi connectivity index (χ1n) is 3.39. The minimum absolute atomic E-state index is 0.0360. The van der Waals surface area contributed by atoms with Crippen LogP contribution < -0.4 is 5.32 Å². The van der Waals surface area contributed by atoms with Crippen molar-refractivity contribution in [1.29, 1.82) is 5.41 Å². The number of hydrogen-bond acceptors (Lipinski definition) is 2. The topological polar surface area (TPSA) is 56.2 Å². The molecule has 0 bridgehead atoms. The van der Waals surface area contributed by atoms with Gasteiger partial charge in [-0.05, 0) is 0 Å². The standard InChI is InChI=1S/C6H10ClN3O/c7-3-5(8)10-2-1-9-6(11)4-10/h8H,1-4H2,(H,9,11). The molecule has 1 aliphatic heterocycles. The minimum atomic E-state index is -0.0360. The van der Waals surface area contributed by atoms with Crippen LogP contribution in [0.15, 0.2) is 0 Å². The number of nitrogens with one attached hydrogen (secondary N) is 2. The third kappa shape index (κ3) is 2.08. The first kappa shape index (κ1) is 8.33. The summed E-state index contributed by atoms with van der Waals surface area (Å²) in [5.74, 6) is 0.459. The molecule has 1 rings (SSSR count). The van der Waals surface area contributed by atoms with Gasteiger partial charge in [0.1, 0.15) is 5.84 Å². The Balaban J connectivity index is 2.45. The maximum Gasteiger partial charge on any atom is 0.239 e. The molecule has 2 N–H and O–H groups in total. The number of piperazine rings is 1. The molecule has 1 saturated heterocycles. The third-order valence-corrected chi connectivity index (χ3v) is 1.80. The monoisotopic (exact) mass is 175 g/mol. The van der Waals surface area contributed by atoms with E-state index in [1.165, 1.54) is 0 Å². The highest BCUT2D eigenvalue weighted by Crippen LogP contribution is 1.95. The highest BCUT2D eigenvalue weighted by Gasteiger charge is 2.17. The van der Waals surface area contributed by atoms with Crippen molar-refractivity contribution in [2.75, 3.05) is 25.5 Å². The molecule has 0 aliphatic carbocycles. The number of carbonyl (C=O) groups is 1. The van der Waals surface area contributed by atoms with Crippen molar-refractivity contribution in [1.82, 2.24) is 10.2 Å². The van der Waals surface area contributed by atoms with Crippen molar-refractivity contribution in [2.24, 2.45) is 0 Å². The molecule has 4 nitrogen and oxygen atoms in total. The van der Waals surface area contributed by atoms with Crippen LogP contribution in [0.25, 0.3) is 0 Å². The summed E-state index contributed by atoms with van der Waals surface area (Å²) in [4.78, 5) is 12.5. The van der Waals surface area contributed by atoms with Gasteiger partial charge in [0.05, 0.1) is 12.4 Å². The van der Waals surface area contributed by atoms with E-state index in [9.17, 15) is 4.79 Å². The van der Waals surface area contributed by atoms with E-state index in [0.29, 0.717) is 18.9 Å². The SMILES string of the molecule is N=C(CCl)N1CCNC(=O)C1. The average Bonchev–Trinajstić information content (AvgIpc) is 2.03. The Morgan fingerprint density at radius 3 is 3.09 bits per heavy atom. The van der Waals surface area contributed by atoms with Crippen LogP contribution in [0.1, 0.15) is 0 Å². The van der Waals surface area contributed by atoms with Crippen LogP contribution in [-0.2, 0) is 4.79 Å². The number of amidine groups is 1. The zero-order valence-electron chi connectivity index (χ0n) is 6.06. The number of carbonyl (C=O) groups excluding carboxylic acids is 1. The molecule has 0 saturated carbocycles. The maximum atomic E-state index is 10.8. The molecule has 1 fully saturated rings. The molecule has 5 heteroatoms. The van der Waals surface area contributed by atoms with E-state index in [1.807, 2.05) is 0 Å². The Morgan fingerprint density at radius 2 is 2.55 bits per heavy atom. The second-order valence-corrected chi connectivity index (χ2v) is 2.62. The Morgan fingerprint density at radius 1 is 1.82 bits per heavy atom. The first-order chi connectivity index (χ1) is 5.24. The van der Waals surface area contributed by atoms with E-state index < -0.39 is 0 Å².